The molecule has 0 fully saturated rings. The molecule has 3 rings (SSSR count). The van der Waals surface area contributed by atoms with E-state index < -0.39 is 5.97 Å². The van der Waals surface area contributed by atoms with Gasteiger partial charge in [0.05, 0.1) is 12.3 Å². The predicted molar refractivity (Wildman–Crippen MR) is 100 cm³/mol. The van der Waals surface area contributed by atoms with Crippen LogP contribution >= 0.6 is 11.3 Å². The first kappa shape index (κ1) is 17.9. The Morgan fingerprint density at radius 2 is 1.96 bits per heavy atom. The van der Waals surface area contributed by atoms with Crippen molar-refractivity contribution < 1.29 is 18.7 Å². The number of furan rings is 1. The quantitative estimate of drug-likeness (QED) is 0.656. The number of esters is 1. The summed E-state index contributed by atoms with van der Waals surface area (Å²) >= 11 is 1.30. The third-order valence-electron chi connectivity index (χ3n) is 3.90. The first-order valence-electron chi connectivity index (χ1n) is 8.19. The number of hydrogen-bond acceptors (Lipinski definition) is 5. The third-order valence-corrected chi connectivity index (χ3v) is 4.79. The van der Waals surface area contributed by atoms with Crippen LogP contribution in [0.1, 0.15) is 34.0 Å². The fourth-order valence-corrected chi connectivity index (χ4v) is 3.32. The maximum atomic E-state index is 12.4. The highest BCUT2D eigenvalue weighted by atomic mass is 32.1. The van der Waals surface area contributed by atoms with E-state index in [1.165, 1.54) is 11.3 Å². The Bertz CT molecular complexity index is 881. The number of aryl methyl sites for hydroxylation is 1. The fraction of sp³-hybridized carbons (Fsp3) is 0.200. The van der Waals surface area contributed by atoms with Gasteiger partial charge in [-0.2, -0.15) is 0 Å². The molecule has 0 unspecified atom stereocenters. The van der Waals surface area contributed by atoms with Gasteiger partial charge in [-0.1, -0.05) is 29.8 Å². The van der Waals surface area contributed by atoms with Crippen molar-refractivity contribution >= 4 is 23.2 Å². The van der Waals surface area contributed by atoms with Gasteiger partial charge in [-0.05, 0) is 43.0 Å². The normalized spacial score (nSPS) is 11.8. The van der Waals surface area contributed by atoms with E-state index in [4.69, 9.17) is 9.15 Å². The lowest BCUT2D eigenvalue weighted by atomic mass is 10.1. The van der Waals surface area contributed by atoms with E-state index in [-0.39, 0.29) is 18.6 Å². The van der Waals surface area contributed by atoms with E-state index in [1.54, 1.807) is 25.3 Å². The van der Waals surface area contributed by atoms with E-state index in [0.717, 1.165) is 16.7 Å². The SMILES string of the molecule is Cc1ccc(-c2ccsc2C(=O)OCC(=O)N[C@H](C)c2ccco2)cc1. The lowest BCUT2D eigenvalue weighted by Crippen LogP contribution is -2.30. The lowest BCUT2D eigenvalue weighted by molar-refractivity contribution is -0.125. The zero-order chi connectivity index (χ0) is 18.5. The van der Waals surface area contributed by atoms with Crippen molar-refractivity contribution in [2.45, 2.75) is 19.9 Å². The molecule has 0 saturated carbocycles. The number of ether oxygens (including phenoxy) is 1. The first-order valence-corrected chi connectivity index (χ1v) is 9.07. The maximum Gasteiger partial charge on any atom is 0.349 e. The van der Waals surface area contributed by atoms with Crippen LogP contribution in [0.4, 0.5) is 0 Å². The summed E-state index contributed by atoms with van der Waals surface area (Å²) in [5.41, 5.74) is 2.90. The second-order valence-electron chi connectivity index (χ2n) is 5.91. The molecule has 0 bridgehead atoms. The highest BCUT2D eigenvalue weighted by Crippen LogP contribution is 2.29. The lowest BCUT2D eigenvalue weighted by Gasteiger charge is -2.11. The molecule has 0 saturated heterocycles. The van der Waals surface area contributed by atoms with E-state index in [9.17, 15) is 9.59 Å². The Hall–Kier alpha value is -2.86. The highest BCUT2D eigenvalue weighted by Gasteiger charge is 2.18. The van der Waals surface area contributed by atoms with Crippen molar-refractivity contribution in [2.75, 3.05) is 6.61 Å². The molecule has 0 aliphatic heterocycles. The molecule has 0 aliphatic rings. The Balaban J connectivity index is 1.60. The Morgan fingerprint density at radius 3 is 2.65 bits per heavy atom. The van der Waals surface area contributed by atoms with Gasteiger partial charge in [0.2, 0.25) is 0 Å². The summed E-state index contributed by atoms with van der Waals surface area (Å²) in [7, 11) is 0. The van der Waals surface area contributed by atoms with E-state index in [2.05, 4.69) is 5.32 Å². The van der Waals surface area contributed by atoms with Crippen LogP contribution in [-0.2, 0) is 9.53 Å². The average molecular weight is 369 g/mol. The van der Waals surface area contributed by atoms with Crippen LogP contribution in [0.25, 0.3) is 11.1 Å². The molecule has 134 valence electrons. The van der Waals surface area contributed by atoms with Gasteiger partial charge in [-0.3, -0.25) is 4.79 Å². The standard InChI is InChI=1S/C20H19NO4S/c1-13-5-7-15(8-6-13)16-9-11-26-19(16)20(23)25-12-18(22)21-14(2)17-4-3-10-24-17/h3-11,14H,12H2,1-2H3,(H,21,22)/t14-/m1/s1. The minimum Gasteiger partial charge on any atom is -0.467 e. The summed E-state index contributed by atoms with van der Waals surface area (Å²) in [4.78, 5) is 24.9. The van der Waals surface area contributed by atoms with Crippen molar-refractivity contribution in [2.24, 2.45) is 0 Å². The highest BCUT2D eigenvalue weighted by molar-refractivity contribution is 7.12. The molecule has 0 aliphatic carbocycles. The summed E-state index contributed by atoms with van der Waals surface area (Å²) in [6, 6.07) is 13.0. The van der Waals surface area contributed by atoms with Crippen LogP contribution in [-0.4, -0.2) is 18.5 Å². The first-order chi connectivity index (χ1) is 12.5. The van der Waals surface area contributed by atoms with E-state index >= 15 is 0 Å². The van der Waals surface area contributed by atoms with Crippen molar-refractivity contribution in [3.63, 3.8) is 0 Å². The van der Waals surface area contributed by atoms with Crippen LogP contribution < -0.4 is 5.32 Å². The van der Waals surface area contributed by atoms with Gasteiger partial charge >= 0.3 is 5.97 Å². The number of carbonyl (C=O) groups excluding carboxylic acids is 2. The molecule has 1 N–H and O–H groups in total. The van der Waals surface area contributed by atoms with Gasteiger partial charge < -0.3 is 14.5 Å². The second-order valence-corrected chi connectivity index (χ2v) is 6.83. The summed E-state index contributed by atoms with van der Waals surface area (Å²) < 4.78 is 10.4. The van der Waals surface area contributed by atoms with Crippen molar-refractivity contribution in [3.8, 4) is 11.1 Å². The van der Waals surface area contributed by atoms with Crippen LogP contribution in [0.15, 0.2) is 58.5 Å². The Labute approximate surface area is 155 Å². The smallest absolute Gasteiger partial charge is 0.349 e. The molecule has 2 aromatic heterocycles. The van der Waals surface area contributed by atoms with Crippen LogP contribution in [0.3, 0.4) is 0 Å². The molecular formula is C20H19NO4S. The van der Waals surface area contributed by atoms with Crippen LogP contribution in [0, 0.1) is 6.92 Å². The van der Waals surface area contributed by atoms with Crippen molar-refractivity contribution in [1.29, 1.82) is 0 Å². The largest absolute Gasteiger partial charge is 0.467 e. The minimum atomic E-state index is -0.503. The molecule has 1 atom stereocenters. The number of rotatable bonds is 6. The van der Waals surface area contributed by atoms with Crippen LogP contribution in [0.2, 0.25) is 0 Å². The van der Waals surface area contributed by atoms with Gasteiger partial charge in [0.25, 0.3) is 5.91 Å². The predicted octanol–water partition coefficient (Wildman–Crippen LogP) is 4.35. The van der Waals surface area contributed by atoms with Crippen molar-refractivity contribution in [1.82, 2.24) is 5.32 Å². The maximum absolute atomic E-state index is 12.4. The van der Waals surface area contributed by atoms with Gasteiger partial charge in [-0.15, -0.1) is 11.3 Å². The molecule has 5 nitrogen and oxygen atoms in total. The number of nitrogens with one attached hydrogen (secondary N) is 1. The van der Waals surface area contributed by atoms with E-state index in [0.29, 0.717) is 10.6 Å². The molecule has 1 amide bonds. The molecule has 1 aromatic carbocycles. The Kier molecular flexibility index (Phi) is 5.53. The molecule has 0 radical (unpaired) electrons. The van der Waals surface area contributed by atoms with Gasteiger partial charge in [0, 0.05) is 5.56 Å². The average Bonchev–Trinajstić information content (AvgIpc) is 3.32. The molecule has 3 aromatic rings. The van der Waals surface area contributed by atoms with Gasteiger partial charge in [0.15, 0.2) is 6.61 Å². The topological polar surface area (TPSA) is 68.5 Å². The summed E-state index contributed by atoms with van der Waals surface area (Å²) in [6.07, 6.45) is 1.54. The molecule has 0 spiro atoms. The number of amides is 1. The minimum absolute atomic E-state index is 0.291. The Morgan fingerprint density at radius 1 is 1.19 bits per heavy atom. The second kappa shape index (κ2) is 8.01. The number of benzene rings is 1. The van der Waals surface area contributed by atoms with Crippen molar-refractivity contribution in [3.05, 3.63) is 70.3 Å². The fourth-order valence-electron chi connectivity index (χ4n) is 2.52. The summed E-state index contributed by atoms with van der Waals surface area (Å²) in [5.74, 6) is -0.239. The molecule has 6 heteroatoms. The van der Waals surface area contributed by atoms with Crippen LogP contribution in [0.5, 0.6) is 0 Å². The summed E-state index contributed by atoms with van der Waals surface area (Å²) in [5, 5.41) is 4.57. The summed E-state index contributed by atoms with van der Waals surface area (Å²) in [6.45, 7) is 3.47. The number of hydrogen-bond donors (Lipinski definition) is 1. The monoisotopic (exact) mass is 369 g/mol. The molecule has 2 heterocycles. The molecule has 26 heavy (non-hydrogen) atoms. The molecular weight excluding hydrogens is 350 g/mol. The zero-order valence-corrected chi connectivity index (χ0v) is 15.3. The third kappa shape index (κ3) is 4.21. The number of thiophene rings is 1. The van der Waals surface area contributed by atoms with Gasteiger partial charge in [-0.25, -0.2) is 4.79 Å². The van der Waals surface area contributed by atoms with E-state index in [1.807, 2.05) is 42.6 Å². The number of carbonyl (C=O) groups is 2. The zero-order valence-electron chi connectivity index (χ0n) is 14.5. The van der Waals surface area contributed by atoms with Gasteiger partial charge in [0.1, 0.15) is 10.6 Å².